The second kappa shape index (κ2) is 9.96. The van der Waals surface area contributed by atoms with Crippen LogP contribution >= 0.6 is 11.8 Å². The highest BCUT2D eigenvalue weighted by Crippen LogP contribution is 2.47. The first-order chi connectivity index (χ1) is 11.9. The first-order valence-corrected chi connectivity index (χ1v) is 11.0. The lowest BCUT2D eigenvalue weighted by atomic mass is 9.93. The Morgan fingerprint density at radius 2 is 1.68 bits per heavy atom. The smallest absolute Gasteiger partial charge is 0.303 e. The van der Waals surface area contributed by atoms with Crippen LogP contribution in [0.1, 0.15) is 84.5 Å². The minimum absolute atomic E-state index is 0.0506. The predicted octanol–water partition coefficient (Wildman–Crippen LogP) is 4.84. The van der Waals surface area contributed by atoms with Gasteiger partial charge in [0, 0.05) is 24.5 Å². The molecular weight excluding hydrogens is 336 g/mol. The molecule has 0 aromatic rings. The maximum absolute atomic E-state index is 11.9. The maximum atomic E-state index is 11.9. The van der Waals surface area contributed by atoms with Gasteiger partial charge in [0.05, 0.1) is 11.7 Å². The normalized spacial score (nSPS) is 27.4. The molecule has 5 heteroatoms. The van der Waals surface area contributed by atoms with Gasteiger partial charge in [-0.1, -0.05) is 19.3 Å². The van der Waals surface area contributed by atoms with Gasteiger partial charge in [0.1, 0.15) is 5.78 Å². The monoisotopic (exact) mass is 370 g/mol. The Bertz CT molecular complexity index is 449. The summed E-state index contributed by atoms with van der Waals surface area (Å²) in [6, 6.07) is 0. The molecule has 144 valence electrons. The molecule has 2 saturated heterocycles. The summed E-state index contributed by atoms with van der Waals surface area (Å²) in [5, 5.41) is 9.19. The van der Waals surface area contributed by atoms with Gasteiger partial charge in [-0.2, -0.15) is 11.8 Å². The largest absolute Gasteiger partial charge is 0.481 e. The Hall–Kier alpha value is -0.550. The van der Waals surface area contributed by atoms with Crippen molar-refractivity contribution >= 4 is 23.5 Å². The highest BCUT2D eigenvalue weighted by molar-refractivity contribution is 8.00. The molecule has 2 heterocycles. The minimum Gasteiger partial charge on any atom is -0.481 e. The van der Waals surface area contributed by atoms with Crippen LogP contribution in [0.2, 0.25) is 0 Å². The van der Waals surface area contributed by atoms with Gasteiger partial charge in [-0.15, -0.1) is 0 Å². The third-order valence-electron chi connectivity index (χ3n) is 5.35. The quantitative estimate of drug-likeness (QED) is 0.498. The predicted molar refractivity (Wildman–Crippen MR) is 102 cm³/mol. The summed E-state index contributed by atoms with van der Waals surface area (Å²) < 4.78 is 6.24. The van der Waals surface area contributed by atoms with E-state index in [2.05, 4.69) is 25.6 Å². The third-order valence-corrected chi connectivity index (χ3v) is 6.91. The van der Waals surface area contributed by atoms with Crippen LogP contribution in [0.4, 0.5) is 0 Å². The van der Waals surface area contributed by atoms with Crippen molar-refractivity contribution in [2.75, 3.05) is 5.75 Å². The summed E-state index contributed by atoms with van der Waals surface area (Å²) in [4.78, 5) is 22.3. The molecule has 25 heavy (non-hydrogen) atoms. The molecule has 0 bridgehead atoms. The van der Waals surface area contributed by atoms with Crippen LogP contribution < -0.4 is 0 Å². The zero-order valence-corrected chi connectivity index (χ0v) is 16.6. The lowest BCUT2D eigenvalue weighted by Gasteiger charge is -2.23. The number of fused-ring (bicyclic) bond motifs is 1. The summed E-state index contributed by atoms with van der Waals surface area (Å²) >= 11 is 2.07. The number of rotatable bonds is 12. The number of hydrogen-bond donors (Lipinski definition) is 1. The fourth-order valence-electron chi connectivity index (χ4n) is 4.13. The molecule has 4 nitrogen and oxygen atoms in total. The Morgan fingerprint density at radius 1 is 1.04 bits per heavy atom. The highest BCUT2D eigenvalue weighted by atomic mass is 32.2. The van der Waals surface area contributed by atoms with Gasteiger partial charge in [-0.25, -0.2) is 0 Å². The molecule has 0 aliphatic carbocycles. The van der Waals surface area contributed by atoms with E-state index < -0.39 is 5.97 Å². The van der Waals surface area contributed by atoms with Crippen molar-refractivity contribution in [3.05, 3.63) is 0 Å². The first kappa shape index (κ1) is 20.8. The maximum Gasteiger partial charge on any atom is 0.303 e. The van der Waals surface area contributed by atoms with Crippen molar-refractivity contribution in [1.29, 1.82) is 0 Å². The molecule has 0 saturated carbocycles. The molecule has 0 radical (unpaired) electrons. The SMILES string of the molecule is CC1(C)C[C@H]2CS[C@@H](CCCCC(=O)CCCCCCC(=O)O)[C@H]2O1. The summed E-state index contributed by atoms with van der Waals surface area (Å²) in [5.74, 6) is 1.61. The number of thioether (sulfide) groups is 1. The van der Waals surface area contributed by atoms with Crippen LogP contribution in [-0.4, -0.2) is 39.6 Å². The number of Topliss-reactive ketones (excluding diaryl/α,β-unsaturated/α-hetero) is 1. The van der Waals surface area contributed by atoms with E-state index in [1.807, 2.05) is 0 Å². The van der Waals surface area contributed by atoms with Crippen LogP contribution in [0, 0.1) is 5.92 Å². The van der Waals surface area contributed by atoms with Crippen molar-refractivity contribution in [3.63, 3.8) is 0 Å². The molecule has 3 atom stereocenters. The van der Waals surface area contributed by atoms with Gasteiger partial charge in [-0.3, -0.25) is 9.59 Å². The minimum atomic E-state index is -0.727. The van der Waals surface area contributed by atoms with Crippen molar-refractivity contribution in [2.24, 2.45) is 5.92 Å². The van der Waals surface area contributed by atoms with Gasteiger partial charge < -0.3 is 9.84 Å². The number of ketones is 1. The average Bonchev–Trinajstić information content (AvgIpc) is 3.02. The van der Waals surface area contributed by atoms with Crippen LogP contribution in [0.3, 0.4) is 0 Å². The van der Waals surface area contributed by atoms with Crippen molar-refractivity contribution in [2.45, 2.75) is 101 Å². The third kappa shape index (κ3) is 7.30. The summed E-state index contributed by atoms with van der Waals surface area (Å²) in [6.45, 7) is 4.40. The summed E-state index contributed by atoms with van der Waals surface area (Å²) in [7, 11) is 0. The van der Waals surface area contributed by atoms with Crippen molar-refractivity contribution in [3.8, 4) is 0 Å². The lowest BCUT2D eigenvalue weighted by Crippen LogP contribution is -2.26. The highest BCUT2D eigenvalue weighted by Gasteiger charge is 2.47. The molecular formula is C20H34O4S. The van der Waals surface area contributed by atoms with Gasteiger partial charge in [0.2, 0.25) is 0 Å². The fraction of sp³-hybridized carbons (Fsp3) is 0.900. The van der Waals surface area contributed by atoms with Crippen molar-refractivity contribution in [1.82, 2.24) is 0 Å². The molecule has 0 amide bonds. The molecule has 2 fully saturated rings. The second-order valence-corrected chi connectivity index (χ2v) is 9.54. The Morgan fingerprint density at radius 3 is 2.36 bits per heavy atom. The molecule has 0 unspecified atom stereocenters. The number of ether oxygens (including phenoxy) is 1. The van der Waals surface area contributed by atoms with Crippen LogP contribution in [0.15, 0.2) is 0 Å². The molecule has 0 aromatic carbocycles. The van der Waals surface area contributed by atoms with E-state index in [0.29, 0.717) is 30.0 Å². The average molecular weight is 371 g/mol. The number of hydrogen-bond acceptors (Lipinski definition) is 4. The molecule has 0 aromatic heterocycles. The molecule has 2 rings (SSSR count). The topological polar surface area (TPSA) is 63.6 Å². The van der Waals surface area contributed by atoms with E-state index in [-0.39, 0.29) is 12.0 Å². The Labute approximate surface area is 156 Å². The molecule has 2 aliphatic heterocycles. The van der Waals surface area contributed by atoms with Gasteiger partial charge >= 0.3 is 5.97 Å². The first-order valence-electron chi connectivity index (χ1n) is 9.90. The van der Waals surface area contributed by atoms with Crippen LogP contribution in [0.5, 0.6) is 0 Å². The standard InChI is InChI=1S/C20H34O4S/c1-20(2)13-15-14-25-17(19(15)24-20)11-8-7-10-16(21)9-5-3-4-6-12-18(22)23/h15,17,19H,3-14H2,1-2H3,(H,22,23)/t15-,17-,19-/m0/s1. The zero-order valence-electron chi connectivity index (χ0n) is 15.8. The number of unbranched alkanes of at least 4 members (excludes halogenated alkanes) is 4. The second-order valence-electron chi connectivity index (χ2n) is 8.27. The van der Waals surface area contributed by atoms with E-state index in [9.17, 15) is 9.59 Å². The van der Waals surface area contributed by atoms with E-state index in [1.54, 1.807) is 0 Å². The number of aliphatic carboxylic acids is 1. The molecule has 1 N–H and O–H groups in total. The van der Waals surface area contributed by atoms with E-state index >= 15 is 0 Å². The van der Waals surface area contributed by atoms with E-state index in [1.165, 1.54) is 18.6 Å². The van der Waals surface area contributed by atoms with Crippen LogP contribution in [0.25, 0.3) is 0 Å². The van der Waals surface area contributed by atoms with Gasteiger partial charge in [0.15, 0.2) is 0 Å². The number of carboxylic acids is 1. The number of carbonyl (C=O) groups is 2. The molecule has 0 spiro atoms. The summed E-state index contributed by atoms with van der Waals surface area (Å²) in [5.41, 5.74) is 0.0506. The van der Waals surface area contributed by atoms with E-state index in [4.69, 9.17) is 9.84 Å². The molecule has 2 aliphatic rings. The number of carboxylic acid groups (broad SMARTS) is 1. The zero-order chi connectivity index (χ0) is 18.3. The van der Waals surface area contributed by atoms with E-state index in [0.717, 1.165) is 44.4 Å². The lowest BCUT2D eigenvalue weighted by molar-refractivity contribution is -0.137. The van der Waals surface area contributed by atoms with Gasteiger partial charge in [0.25, 0.3) is 0 Å². The fourth-order valence-corrected chi connectivity index (χ4v) is 5.73. The van der Waals surface area contributed by atoms with Crippen LogP contribution in [-0.2, 0) is 14.3 Å². The number of carbonyl (C=O) groups excluding carboxylic acids is 1. The Kier molecular flexibility index (Phi) is 8.27. The van der Waals surface area contributed by atoms with Gasteiger partial charge in [-0.05, 0) is 57.6 Å². The summed E-state index contributed by atoms with van der Waals surface area (Å²) in [6.07, 6.45) is 10.0. The van der Waals surface area contributed by atoms with Crippen molar-refractivity contribution < 1.29 is 19.4 Å². The Balaban J connectivity index is 1.48.